The third-order valence-electron chi connectivity index (χ3n) is 5.34. The van der Waals surface area contributed by atoms with E-state index in [2.05, 4.69) is 17.6 Å². The Morgan fingerprint density at radius 2 is 1.83 bits per heavy atom. The van der Waals surface area contributed by atoms with Gasteiger partial charge in [-0.25, -0.2) is 0 Å². The predicted molar refractivity (Wildman–Crippen MR) is 115 cm³/mol. The fourth-order valence-corrected chi connectivity index (χ4v) is 3.71. The van der Waals surface area contributed by atoms with Gasteiger partial charge in [0.1, 0.15) is 5.75 Å². The first-order valence-corrected chi connectivity index (χ1v) is 10.3. The number of amides is 2. The molecule has 1 aliphatic rings. The maximum Gasteiger partial charge on any atom is 0.279 e. The van der Waals surface area contributed by atoms with Gasteiger partial charge in [0.05, 0.1) is 30.4 Å². The molecule has 1 saturated heterocycles. The van der Waals surface area contributed by atoms with Crippen LogP contribution in [-0.4, -0.2) is 37.6 Å². The van der Waals surface area contributed by atoms with Crippen molar-refractivity contribution in [1.82, 2.24) is 0 Å². The summed E-state index contributed by atoms with van der Waals surface area (Å²) in [6.07, 6.45) is 3.55. The maximum atomic E-state index is 12.8. The Morgan fingerprint density at radius 3 is 2.55 bits per heavy atom. The number of ether oxygens (including phenoxy) is 1. The number of anilines is 2. The lowest BCUT2D eigenvalue weighted by Gasteiger charge is -2.29. The lowest BCUT2D eigenvalue weighted by Crippen LogP contribution is -3.17. The number of para-hydroxylation sites is 1. The summed E-state index contributed by atoms with van der Waals surface area (Å²) in [5.41, 5.74) is 1.65. The second-order valence-corrected chi connectivity index (χ2v) is 7.49. The van der Waals surface area contributed by atoms with Gasteiger partial charge in [-0.2, -0.15) is 0 Å². The molecular weight excluding hydrogens is 366 g/mol. The molecule has 29 heavy (non-hydrogen) atoms. The van der Waals surface area contributed by atoms with Crippen LogP contribution in [0, 0.1) is 0 Å². The summed E-state index contributed by atoms with van der Waals surface area (Å²) < 4.78 is 5.42. The van der Waals surface area contributed by atoms with Crippen molar-refractivity contribution < 1.29 is 19.2 Å². The van der Waals surface area contributed by atoms with Crippen LogP contribution in [0.4, 0.5) is 11.4 Å². The Hall–Kier alpha value is -2.86. The van der Waals surface area contributed by atoms with E-state index in [1.165, 1.54) is 11.3 Å². The Labute approximate surface area is 172 Å². The number of nitrogens with one attached hydrogen (secondary N) is 3. The number of hydrogen-bond donors (Lipinski definition) is 3. The van der Waals surface area contributed by atoms with Gasteiger partial charge in [0, 0.05) is 5.69 Å². The van der Waals surface area contributed by atoms with Gasteiger partial charge in [0.15, 0.2) is 6.54 Å². The van der Waals surface area contributed by atoms with Crippen molar-refractivity contribution in [3.05, 3.63) is 54.1 Å². The third kappa shape index (κ3) is 5.81. The van der Waals surface area contributed by atoms with Crippen molar-refractivity contribution in [3.8, 4) is 5.75 Å². The summed E-state index contributed by atoms with van der Waals surface area (Å²) in [6, 6.07) is 14.8. The van der Waals surface area contributed by atoms with Crippen LogP contribution in [0.1, 0.15) is 43.5 Å². The highest BCUT2D eigenvalue weighted by Crippen LogP contribution is 2.19. The van der Waals surface area contributed by atoms with Gasteiger partial charge in [-0.15, -0.1) is 0 Å². The van der Waals surface area contributed by atoms with Crippen molar-refractivity contribution in [3.63, 3.8) is 0 Å². The molecule has 6 nitrogen and oxygen atoms in total. The SMILES string of the molecule is CCOc1ccc(NC(=O)c2ccccc2NC(=O)C[NH+]2CCCC[C@@H]2C)cc1. The van der Waals surface area contributed by atoms with Crippen LogP contribution in [-0.2, 0) is 4.79 Å². The average Bonchev–Trinajstić information content (AvgIpc) is 2.72. The molecule has 0 radical (unpaired) electrons. The standard InChI is InChI=1S/C23H29N3O3/c1-3-29-19-13-11-18(12-14-19)24-23(28)20-9-4-5-10-21(20)25-22(27)16-26-15-7-6-8-17(26)2/h4-5,9-14,17H,3,6-8,15-16H2,1-2H3,(H,24,28)(H,25,27)/p+1/t17-/m0/s1. The van der Waals surface area contributed by atoms with Crippen LogP contribution in [0.15, 0.2) is 48.5 Å². The highest BCUT2D eigenvalue weighted by Gasteiger charge is 2.24. The maximum absolute atomic E-state index is 12.8. The predicted octanol–water partition coefficient (Wildman–Crippen LogP) is 2.73. The molecule has 154 valence electrons. The summed E-state index contributed by atoms with van der Waals surface area (Å²) >= 11 is 0. The van der Waals surface area contributed by atoms with Crippen LogP contribution in [0.3, 0.4) is 0 Å². The Bertz CT molecular complexity index is 836. The van der Waals surface area contributed by atoms with Crippen molar-refractivity contribution in [2.24, 2.45) is 0 Å². The smallest absolute Gasteiger partial charge is 0.279 e. The van der Waals surface area contributed by atoms with Gasteiger partial charge in [-0.3, -0.25) is 9.59 Å². The van der Waals surface area contributed by atoms with Crippen molar-refractivity contribution in [2.75, 3.05) is 30.3 Å². The van der Waals surface area contributed by atoms with E-state index in [1.54, 1.807) is 30.3 Å². The number of quaternary nitrogens is 1. The lowest BCUT2D eigenvalue weighted by atomic mass is 10.0. The quantitative estimate of drug-likeness (QED) is 0.674. The summed E-state index contributed by atoms with van der Waals surface area (Å²) in [6.45, 7) is 6.16. The molecule has 2 aromatic carbocycles. The summed E-state index contributed by atoms with van der Waals surface area (Å²) in [5.74, 6) is 0.436. The molecule has 0 aliphatic carbocycles. The highest BCUT2D eigenvalue weighted by molar-refractivity contribution is 6.10. The van der Waals surface area contributed by atoms with Crippen LogP contribution >= 0.6 is 0 Å². The van der Waals surface area contributed by atoms with E-state index >= 15 is 0 Å². The van der Waals surface area contributed by atoms with Crippen molar-refractivity contribution in [1.29, 1.82) is 0 Å². The Morgan fingerprint density at radius 1 is 1.07 bits per heavy atom. The second-order valence-electron chi connectivity index (χ2n) is 7.49. The minimum absolute atomic E-state index is 0.0601. The second kappa shape index (κ2) is 10.1. The number of benzene rings is 2. The fourth-order valence-electron chi connectivity index (χ4n) is 3.71. The molecule has 1 heterocycles. The molecule has 3 N–H and O–H groups in total. The monoisotopic (exact) mass is 396 g/mol. The molecule has 6 heteroatoms. The Kier molecular flexibility index (Phi) is 7.25. The number of carbonyl (C=O) groups excluding carboxylic acids is 2. The zero-order valence-electron chi connectivity index (χ0n) is 17.2. The minimum atomic E-state index is -0.260. The van der Waals surface area contributed by atoms with Crippen molar-refractivity contribution in [2.45, 2.75) is 39.2 Å². The molecule has 1 unspecified atom stereocenters. The number of likely N-dealkylation sites (tertiary alicyclic amines) is 1. The summed E-state index contributed by atoms with van der Waals surface area (Å²) in [5, 5.41) is 5.81. The normalized spacial score (nSPS) is 18.7. The molecule has 0 bridgehead atoms. The van der Waals surface area contributed by atoms with E-state index < -0.39 is 0 Å². The van der Waals surface area contributed by atoms with Gasteiger partial charge in [0.25, 0.3) is 11.8 Å². The van der Waals surface area contributed by atoms with Crippen LogP contribution in [0.5, 0.6) is 5.75 Å². The summed E-state index contributed by atoms with van der Waals surface area (Å²) in [7, 11) is 0. The van der Waals surface area contributed by atoms with E-state index in [-0.39, 0.29) is 11.8 Å². The zero-order valence-corrected chi connectivity index (χ0v) is 17.2. The first-order chi connectivity index (χ1) is 14.1. The van der Waals surface area contributed by atoms with E-state index in [0.717, 1.165) is 25.1 Å². The largest absolute Gasteiger partial charge is 0.494 e. The molecule has 0 aromatic heterocycles. The number of piperidine rings is 1. The van der Waals surface area contributed by atoms with Gasteiger partial charge in [-0.1, -0.05) is 12.1 Å². The molecule has 0 saturated carbocycles. The summed E-state index contributed by atoms with van der Waals surface area (Å²) in [4.78, 5) is 26.7. The number of carbonyl (C=O) groups is 2. The average molecular weight is 397 g/mol. The number of hydrogen-bond acceptors (Lipinski definition) is 3. The molecular formula is C23H30N3O3+. The molecule has 2 aromatic rings. The topological polar surface area (TPSA) is 71.9 Å². The third-order valence-corrected chi connectivity index (χ3v) is 5.34. The molecule has 0 spiro atoms. The first kappa shape index (κ1) is 20.9. The fraction of sp³-hybridized carbons (Fsp3) is 0.391. The number of rotatable bonds is 7. The first-order valence-electron chi connectivity index (χ1n) is 10.3. The van der Waals surface area contributed by atoms with E-state index in [9.17, 15) is 9.59 Å². The van der Waals surface area contributed by atoms with Gasteiger partial charge >= 0.3 is 0 Å². The Balaban J connectivity index is 1.64. The van der Waals surface area contributed by atoms with Gasteiger partial charge in [0.2, 0.25) is 0 Å². The van der Waals surface area contributed by atoms with Crippen LogP contribution < -0.4 is 20.3 Å². The van der Waals surface area contributed by atoms with Crippen LogP contribution in [0.25, 0.3) is 0 Å². The molecule has 1 aliphatic heterocycles. The minimum Gasteiger partial charge on any atom is -0.494 e. The molecule has 1 fully saturated rings. The molecule has 3 rings (SSSR count). The molecule has 2 amide bonds. The van der Waals surface area contributed by atoms with E-state index in [1.807, 2.05) is 25.1 Å². The van der Waals surface area contributed by atoms with Gasteiger partial charge < -0.3 is 20.3 Å². The van der Waals surface area contributed by atoms with E-state index in [0.29, 0.717) is 36.1 Å². The zero-order chi connectivity index (χ0) is 20.6. The van der Waals surface area contributed by atoms with Crippen LogP contribution in [0.2, 0.25) is 0 Å². The van der Waals surface area contributed by atoms with E-state index in [4.69, 9.17) is 4.74 Å². The molecule has 2 atom stereocenters. The van der Waals surface area contributed by atoms with Gasteiger partial charge in [-0.05, 0) is 69.5 Å². The lowest BCUT2D eigenvalue weighted by molar-refractivity contribution is -0.920. The highest BCUT2D eigenvalue weighted by atomic mass is 16.5. The van der Waals surface area contributed by atoms with Crippen molar-refractivity contribution >= 4 is 23.2 Å².